The fourth-order valence-corrected chi connectivity index (χ4v) is 7.21. The molecule has 270 valence electrons. The number of nitrogens with zero attached hydrogens (tertiary/aromatic N) is 4. The van der Waals surface area contributed by atoms with Crippen LogP contribution in [-0.4, -0.2) is 111 Å². The van der Waals surface area contributed by atoms with Gasteiger partial charge in [0.1, 0.15) is 5.75 Å². The lowest BCUT2D eigenvalue weighted by Gasteiger charge is -2.32. The first-order valence-corrected chi connectivity index (χ1v) is 17.8. The van der Waals surface area contributed by atoms with E-state index in [1.165, 1.54) is 12.1 Å². The molecule has 0 unspecified atom stereocenters. The highest BCUT2D eigenvalue weighted by Gasteiger charge is 2.32. The second-order valence-corrected chi connectivity index (χ2v) is 14.4. The molecule has 1 saturated heterocycles. The number of rotatable bonds is 17. The molecule has 1 aliphatic rings. The van der Waals surface area contributed by atoms with E-state index >= 15 is 0 Å². The van der Waals surface area contributed by atoms with Crippen LogP contribution in [-0.2, 0) is 30.8 Å². The second-order valence-electron chi connectivity index (χ2n) is 12.4. The van der Waals surface area contributed by atoms with Crippen LogP contribution in [0.2, 0.25) is 0 Å². The molecular formula is C35H45N5O9S. The molecule has 0 bridgehead atoms. The molecule has 0 saturated carbocycles. The van der Waals surface area contributed by atoms with Gasteiger partial charge in [-0.3, -0.25) is 19.7 Å². The van der Waals surface area contributed by atoms with Gasteiger partial charge in [-0.2, -0.15) is 4.31 Å². The number of anilines is 1. The van der Waals surface area contributed by atoms with Gasteiger partial charge >= 0.3 is 0 Å². The van der Waals surface area contributed by atoms with Gasteiger partial charge in [0.2, 0.25) is 21.8 Å². The van der Waals surface area contributed by atoms with E-state index in [9.17, 15) is 33.2 Å². The average Bonchev–Trinajstić information content (AvgIpc) is 3.11. The molecular weight excluding hydrogens is 666 g/mol. The molecule has 0 radical (unpaired) electrons. The number of carbonyl (C=O) groups excluding carboxylic acids is 2. The topological polar surface area (TPSA) is 172 Å². The molecule has 0 aliphatic carbocycles. The van der Waals surface area contributed by atoms with Gasteiger partial charge in [-0.1, -0.05) is 44.2 Å². The van der Waals surface area contributed by atoms with Crippen molar-refractivity contribution in [1.29, 1.82) is 0 Å². The van der Waals surface area contributed by atoms with Crippen LogP contribution in [0.4, 0.5) is 11.4 Å². The summed E-state index contributed by atoms with van der Waals surface area (Å²) in [5.74, 6) is -0.166. The van der Waals surface area contributed by atoms with Crippen LogP contribution in [0.3, 0.4) is 0 Å². The largest absolute Gasteiger partial charge is 0.497 e. The number of aliphatic hydroxyl groups is 1. The Balaban J connectivity index is 1.57. The predicted molar refractivity (Wildman–Crippen MR) is 187 cm³/mol. The summed E-state index contributed by atoms with van der Waals surface area (Å²) in [6, 6.07) is 19.8. The van der Waals surface area contributed by atoms with E-state index in [1.807, 2.05) is 44.2 Å². The van der Waals surface area contributed by atoms with E-state index in [-0.39, 0.29) is 55.0 Å². The number of nitrogens with one attached hydrogen (secondary N) is 1. The summed E-state index contributed by atoms with van der Waals surface area (Å²) < 4.78 is 39.3. The molecule has 1 heterocycles. The average molecular weight is 712 g/mol. The van der Waals surface area contributed by atoms with Crippen LogP contribution >= 0.6 is 0 Å². The Kier molecular flexibility index (Phi) is 13.7. The highest BCUT2D eigenvalue weighted by atomic mass is 32.2. The third-order valence-corrected chi connectivity index (χ3v) is 10.1. The maximum absolute atomic E-state index is 13.8. The van der Waals surface area contributed by atoms with Crippen LogP contribution in [0, 0.1) is 16.0 Å². The van der Waals surface area contributed by atoms with Crippen molar-refractivity contribution in [2.45, 2.75) is 37.3 Å². The standard InChI is InChI=1S/C35H45N5O9S/c1-26(2)22-39(50(46,47)31-15-11-29(12-16-31)40(44)45)23-33(41)32(21-27-7-5-4-6-8-27)36-34(42)24-38(28-9-13-30(48-3)14-10-28)25-35(43)37-17-19-49-20-18-37/h4-16,26,32-33,41H,17-25H2,1-3H3,(H,36,42)/t32-,33+/m0/s1. The molecule has 0 aromatic heterocycles. The number of non-ortho nitro benzene ring substituents is 1. The molecule has 3 aromatic carbocycles. The zero-order valence-electron chi connectivity index (χ0n) is 28.5. The zero-order valence-corrected chi connectivity index (χ0v) is 29.3. The molecule has 1 fully saturated rings. The fraction of sp³-hybridized carbons (Fsp3) is 0.429. The zero-order chi connectivity index (χ0) is 36.3. The predicted octanol–water partition coefficient (Wildman–Crippen LogP) is 2.70. The van der Waals surface area contributed by atoms with E-state index in [2.05, 4.69) is 5.32 Å². The summed E-state index contributed by atoms with van der Waals surface area (Å²) >= 11 is 0. The smallest absolute Gasteiger partial charge is 0.269 e. The number of ether oxygens (including phenoxy) is 2. The first kappa shape index (κ1) is 38.2. The van der Waals surface area contributed by atoms with Crippen LogP contribution < -0.4 is 15.0 Å². The number of nitro benzene ring substituents is 1. The minimum absolute atomic E-state index is 0.0529. The van der Waals surface area contributed by atoms with Crippen LogP contribution in [0.1, 0.15) is 19.4 Å². The van der Waals surface area contributed by atoms with Gasteiger partial charge in [0.15, 0.2) is 0 Å². The summed E-state index contributed by atoms with van der Waals surface area (Å²) in [6.45, 7) is 4.82. The Bertz CT molecular complexity index is 1670. The van der Waals surface area contributed by atoms with Crippen molar-refractivity contribution >= 4 is 33.2 Å². The number of sulfonamides is 1. The Morgan fingerprint density at radius 2 is 1.62 bits per heavy atom. The van der Waals surface area contributed by atoms with Gasteiger partial charge < -0.3 is 29.7 Å². The lowest BCUT2D eigenvalue weighted by Crippen LogP contribution is -2.53. The van der Waals surface area contributed by atoms with Crippen LogP contribution in [0.15, 0.2) is 83.8 Å². The van der Waals surface area contributed by atoms with Crippen molar-refractivity contribution in [2.24, 2.45) is 5.92 Å². The van der Waals surface area contributed by atoms with Crippen molar-refractivity contribution in [1.82, 2.24) is 14.5 Å². The summed E-state index contributed by atoms with van der Waals surface area (Å²) in [4.78, 5) is 40.7. The lowest BCUT2D eigenvalue weighted by atomic mass is 10.0. The third kappa shape index (κ3) is 10.7. The Labute approximate surface area is 292 Å². The normalized spacial score (nSPS) is 14.6. The number of benzene rings is 3. The summed E-state index contributed by atoms with van der Waals surface area (Å²) in [5.41, 5.74) is 1.17. The van der Waals surface area contributed by atoms with Gasteiger partial charge in [-0.25, -0.2) is 8.42 Å². The minimum atomic E-state index is -4.19. The van der Waals surface area contributed by atoms with E-state index < -0.39 is 33.0 Å². The van der Waals surface area contributed by atoms with Crippen molar-refractivity contribution in [3.63, 3.8) is 0 Å². The molecule has 14 nitrogen and oxygen atoms in total. The number of amides is 2. The van der Waals surface area contributed by atoms with E-state index in [4.69, 9.17) is 9.47 Å². The van der Waals surface area contributed by atoms with Crippen molar-refractivity contribution in [3.05, 3.63) is 94.5 Å². The van der Waals surface area contributed by atoms with Gasteiger partial charge in [0.05, 0.1) is 55.4 Å². The molecule has 15 heteroatoms. The number of nitro groups is 1. The number of morpholine rings is 1. The number of aliphatic hydroxyl groups excluding tert-OH is 1. The molecule has 50 heavy (non-hydrogen) atoms. The summed E-state index contributed by atoms with van der Waals surface area (Å²) in [6.07, 6.45) is -1.16. The highest BCUT2D eigenvalue weighted by Crippen LogP contribution is 2.23. The van der Waals surface area contributed by atoms with E-state index in [0.29, 0.717) is 37.7 Å². The van der Waals surface area contributed by atoms with E-state index in [0.717, 1.165) is 22.0 Å². The second kappa shape index (κ2) is 17.9. The third-order valence-electron chi connectivity index (χ3n) is 8.22. The Morgan fingerprint density at radius 1 is 0.980 bits per heavy atom. The number of methoxy groups -OCH3 is 1. The van der Waals surface area contributed by atoms with Crippen molar-refractivity contribution in [2.75, 3.05) is 64.5 Å². The molecule has 2 N–H and O–H groups in total. The molecule has 2 atom stereocenters. The molecule has 2 amide bonds. The molecule has 3 aromatic rings. The van der Waals surface area contributed by atoms with E-state index in [1.54, 1.807) is 41.2 Å². The van der Waals surface area contributed by atoms with Gasteiger partial charge in [0, 0.05) is 44.0 Å². The maximum atomic E-state index is 13.8. The number of hydrogen-bond acceptors (Lipinski definition) is 10. The van der Waals surface area contributed by atoms with Gasteiger partial charge in [-0.05, 0) is 54.3 Å². The number of carbonyl (C=O) groups is 2. The van der Waals surface area contributed by atoms with Gasteiger partial charge in [-0.15, -0.1) is 0 Å². The lowest BCUT2D eigenvalue weighted by molar-refractivity contribution is -0.384. The monoisotopic (exact) mass is 711 g/mol. The minimum Gasteiger partial charge on any atom is -0.497 e. The highest BCUT2D eigenvalue weighted by molar-refractivity contribution is 7.89. The SMILES string of the molecule is COc1ccc(N(CC(=O)N[C@@H](Cc2ccccc2)[C@H](O)CN(CC(C)C)S(=O)(=O)c2ccc([N+](=O)[O-])cc2)CC(=O)N2CCOCC2)cc1. The van der Waals surface area contributed by atoms with Crippen LogP contribution in [0.25, 0.3) is 0 Å². The first-order valence-electron chi connectivity index (χ1n) is 16.4. The first-order chi connectivity index (χ1) is 23.9. The fourth-order valence-electron chi connectivity index (χ4n) is 5.59. The summed E-state index contributed by atoms with van der Waals surface area (Å²) in [5, 5.41) is 25.7. The van der Waals surface area contributed by atoms with Crippen molar-refractivity contribution < 1.29 is 37.5 Å². The number of hydrogen-bond donors (Lipinski definition) is 2. The van der Waals surface area contributed by atoms with Crippen LogP contribution in [0.5, 0.6) is 5.75 Å². The Morgan fingerprint density at radius 3 is 2.20 bits per heavy atom. The molecule has 4 rings (SSSR count). The molecule has 1 aliphatic heterocycles. The quantitative estimate of drug-likeness (QED) is 0.157. The summed E-state index contributed by atoms with van der Waals surface area (Å²) in [7, 11) is -2.64. The molecule has 0 spiro atoms. The van der Waals surface area contributed by atoms with Gasteiger partial charge in [0.25, 0.3) is 5.69 Å². The van der Waals surface area contributed by atoms with Crippen molar-refractivity contribution in [3.8, 4) is 5.75 Å². The Hall–Kier alpha value is -4.57. The maximum Gasteiger partial charge on any atom is 0.269 e.